The molecule has 1 aliphatic heterocycles. The van der Waals surface area contributed by atoms with Crippen LogP contribution in [0, 0.1) is 0 Å². The lowest BCUT2D eigenvalue weighted by atomic mass is 10.2. The van der Waals surface area contributed by atoms with Gasteiger partial charge in [0.25, 0.3) is 5.91 Å². The van der Waals surface area contributed by atoms with Crippen LogP contribution in [0.1, 0.15) is 27.8 Å². The highest BCUT2D eigenvalue weighted by molar-refractivity contribution is 6.03. The van der Waals surface area contributed by atoms with Crippen molar-refractivity contribution in [3.05, 3.63) is 41.6 Å². The number of morpholine rings is 1. The van der Waals surface area contributed by atoms with E-state index in [0.717, 1.165) is 0 Å². The first kappa shape index (κ1) is 17.0. The van der Waals surface area contributed by atoms with Crippen molar-refractivity contribution in [2.75, 3.05) is 43.1 Å². The molecule has 8 nitrogen and oxygen atoms in total. The summed E-state index contributed by atoms with van der Waals surface area (Å²) in [5.74, 6) is -0.231. The highest BCUT2D eigenvalue weighted by Crippen LogP contribution is 2.18. The first-order valence-corrected chi connectivity index (χ1v) is 8.05. The number of hydrogen-bond donors (Lipinski definition) is 1. The molecule has 132 valence electrons. The molecule has 3 rings (SSSR count). The molecule has 1 aromatic carbocycles. The first-order chi connectivity index (χ1) is 12.2. The van der Waals surface area contributed by atoms with E-state index < -0.39 is 5.97 Å². The summed E-state index contributed by atoms with van der Waals surface area (Å²) in [6.45, 7) is 4.70. The number of nitrogens with one attached hydrogen (secondary N) is 1. The molecule has 0 aliphatic carbocycles. The molecular weight excluding hydrogens is 326 g/mol. The topological polar surface area (TPSA) is 93.9 Å². The van der Waals surface area contributed by atoms with Gasteiger partial charge in [-0.2, -0.15) is 0 Å². The van der Waals surface area contributed by atoms with Gasteiger partial charge in [-0.3, -0.25) is 4.79 Å². The molecule has 2 aromatic rings. The second-order valence-corrected chi connectivity index (χ2v) is 5.40. The lowest BCUT2D eigenvalue weighted by Gasteiger charge is -2.25. The second kappa shape index (κ2) is 7.80. The van der Waals surface area contributed by atoms with E-state index >= 15 is 0 Å². The minimum Gasteiger partial charge on any atom is -0.462 e. The van der Waals surface area contributed by atoms with Crippen LogP contribution in [0.3, 0.4) is 0 Å². The molecule has 0 radical (unpaired) electrons. The number of anilines is 2. The van der Waals surface area contributed by atoms with Gasteiger partial charge in [0, 0.05) is 24.8 Å². The first-order valence-electron chi connectivity index (χ1n) is 8.05. The fourth-order valence-electron chi connectivity index (χ4n) is 2.40. The van der Waals surface area contributed by atoms with Crippen molar-refractivity contribution < 1.29 is 23.6 Å². The number of aromatic nitrogens is 1. The number of carbonyl (C=O) groups excluding carboxylic acids is 2. The molecule has 1 amide bonds. The Labute approximate surface area is 144 Å². The number of hydrogen-bond acceptors (Lipinski definition) is 7. The Morgan fingerprint density at radius 3 is 2.64 bits per heavy atom. The molecule has 0 saturated carbocycles. The molecule has 0 unspecified atom stereocenters. The summed E-state index contributed by atoms with van der Waals surface area (Å²) in [6, 6.07) is 8.05. The lowest BCUT2D eigenvalue weighted by Crippen LogP contribution is -2.35. The molecule has 1 saturated heterocycles. The maximum atomic E-state index is 12.3. The van der Waals surface area contributed by atoms with Gasteiger partial charge < -0.3 is 24.2 Å². The zero-order valence-corrected chi connectivity index (χ0v) is 13.9. The van der Waals surface area contributed by atoms with Gasteiger partial charge in [-0.1, -0.05) is 5.16 Å². The third-order valence-corrected chi connectivity index (χ3v) is 3.71. The third-order valence-electron chi connectivity index (χ3n) is 3.71. The number of benzene rings is 1. The molecule has 0 atom stereocenters. The average Bonchev–Trinajstić information content (AvgIpc) is 3.13. The normalized spacial score (nSPS) is 14.2. The summed E-state index contributed by atoms with van der Waals surface area (Å²) in [7, 11) is 0. The van der Waals surface area contributed by atoms with Gasteiger partial charge in [-0.15, -0.1) is 0 Å². The average molecular weight is 345 g/mol. The number of rotatable bonds is 5. The van der Waals surface area contributed by atoms with Gasteiger partial charge >= 0.3 is 5.97 Å². The Morgan fingerprint density at radius 2 is 1.96 bits per heavy atom. The summed E-state index contributed by atoms with van der Waals surface area (Å²) < 4.78 is 15.4. The molecule has 0 bridgehead atoms. The van der Waals surface area contributed by atoms with Crippen LogP contribution >= 0.6 is 0 Å². The van der Waals surface area contributed by atoms with E-state index in [1.54, 1.807) is 37.3 Å². The Balaban J connectivity index is 1.62. The van der Waals surface area contributed by atoms with Gasteiger partial charge in [0.2, 0.25) is 5.88 Å². The van der Waals surface area contributed by atoms with Crippen LogP contribution in [0.4, 0.5) is 11.6 Å². The SMILES string of the molecule is CCOC(=O)c1ccc(NC(=O)c2cc(N3CCOCC3)on2)cc1. The predicted octanol–water partition coefficient (Wildman–Crippen LogP) is 1.94. The van der Waals surface area contributed by atoms with Crippen molar-refractivity contribution in [1.82, 2.24) is 5.16 Å². The van der Waals surface area contributed by atoms with E-state index in [4.69, 9.17) is 14.0 Å². The number of carbonyl (C=O) groups is 2. The van der Waals surface area contributed by atoms with E-state index in [1.807, 2.05) is 4.90 Å². The maximum Gasteiger partial charge on any atom is 0.338 e. The molecule has 1 aromatic heterocycles. The van der Waals surface area contributed by atoms with Crippen LogP contribution in [0.2, 0.25) is 0 Å². The minimum atomic E-state index is -0.396. The van der Waals surface area contributed by atoms with Crippen molar-refractivity contribution in [1.29, 1.82) is 0 Å². The third kappa shape index (κ3) is 4.16. The molecule has 25 heavy (non-hydrogen) atoms. The molecule has 0 spiro atoms. The lowest BCUT2D eigenvalue weighted by molar-refractivity contribution is 0.0526. The van der Waals surface area contributed by atoms with E-state index in [1.165, 1.54) is 0 Å². The molecule has 8 heteroatoms. The van der Waals surface area contributed by atoms with Gasteiger partial charge in [-0.05, 0) is 31.2 Å². The van der Waals surface area contributed by atoms with Gasteiger partial charge in [-0.25, -0.2) is 4.79 Å². The Bertz CT molecular complexity index is 735. The van der Waals surface area contributed by atoms with Crippen LogP contribution in [0.5, 0.6) is 0 Å². The van der Waals surface area contributed by atoms with Gasteiger partial charge in [0.15, 0.2) is 5.69 Å². The molecule has 1 fully saturated rings. The van der Waals surface area contributed by atoms with Crippen molar-refractivity contribution in [2.45, 2.75) is 6.92 Å². The molecule has 2 heterocycles. The largest absolute Gasteiger partial charge is 0.462 e. The molecule has 1 aliphatic rings. The summed E-state index contributed by atoms with van der Waals surface area (Å²) in [4.78, 5) is 25.8. The highest BCUT2D eigenvalue weighted by Gasteiger charge is 2.19. The number of nitrogens with zero attached hydrogens (tertiary/aromatic N) is 2. The van der Waals surface area contributed by atoms with Crippen molar-refractivity contribution in [3.63, 3.8) is 0 Å². The Kier molecular flexibility index (Phi) is 5.30. The summed E-state index contributed by atoms with van der Waals surface area (Å²) in [6.07, 6.45) is 0. The van der Waals surface area contributed by atoms with Crippen LogP contribution in [0.15, 0.2) is 34.9 Å². The molecular formula is C17H19N3O5. The number of ether oxygens (including phenoxy) is 2. The fraction of sp³-hybridized carbons (Fsp3) is 0.353. The summed E-state index contributed by atoms with van der Waals surface area (Å²) in [5, 5.41) is 6.53. The predicted molar refractivity (Wildman–Crippen MR) is 89.9 cm³/mol. The monoisotopic (exact) mass is 345 g/mol. The van der Waals surface area contributed by atoms with Crippen molar-refractivity contribution in [3.8, 4) is 0 Å². The van der Waals surface area contributed by atoms with E-state index in [9.17, 15) is 9.59 Å². The Morgan fingerprint density at radius 1 is 1.24 bits per heavy atom. The van der Waals surface area contributed by atoms with E-state index in [-0.39, 0.29) is 11.6 Å². The van der Waals surface area contributed by atoms with Crippen LogP contribution in [-0.4, -0.2) is 49.9 Å². The Hall–Kier alpha value is -2.87. The standard InChI is InChI=1S/C17H19N3O5/c1-2-24-17(22)12-3-5-13(6-4-12)18-16(21)14-11-15(25-19-14)20-7-9-23-10-8-20/h3-6,11H,2,7-10H2,1H3,(H,18,21). The van der Waals surface area contributed by atoms with E-state index in [0.29, 0.717) is 50.0 Å². The summed E-state index contributed by atoms with van der Waals surface area (Å²) >= 11 is 0. The van der Waals surface area contributed by atoms with Crippen molar-refractivity contribution >= 4 is 23.4 Å². The smallest absolute Gasteiger partial charge is 0.338 e. The van der Waals surface area contributed by atoms with Crippen LogP contribution in [-0.2, 0) is 9.47 Å². The van der Waals surface area contributed by atoms with Crippen molar-refractivity contribution in [2.24, 2.45) is 0 Å². The van der Waals surface area contributed by atoms with Crippen LogP contribution in [0.25, 0.3) is 0 Å². The maximum absolute atomic E-state index is 12.3. The second-order valence-electron chi connectivity index (χ2n) is 5.40. The number of esters is 1. The molecule has 1 N–H and O–H groups in total. The highest BCUT2D eigenvalue weighted by atomic mass is 16.5. The van der Waals surface area contributed by atoms with E-state index in [2.05, 4.69) is 10.5 Å². The quantitative estimate of drug-likeness (QED) is 0.828. The zero-order chi connectivity index (χ0) is 17.6. The minimum absolute atomic E-state index is 0.191. The zero-order valence-electron chi connectivity index (χ0n) is 13.9. The van der Waals surface area contributed by atoms with Crippen LogP contribution < -0.4 is 10.2 Å². The van der Waals surface area contributed by atoms with Gasteiger partial charge in [0.1, 0.15) is 0 Å². The fourth-order valence-corrected chi connectivity index (χ4v) is 2.40. The number of amides is 1. The summed E-state index contributed by atoms with van der Waals surface area (Å²) in [5.41, 5.74) is 1.17. The van der Waals surface area contributed by atoms with Gasteiger partial charge in [0.05, 0.1) is 25.4 Å².